The van der Waals surface area contributed by atoms with E-state index in [0.717, 1.165) is 36.5 Å². The molecule has 112 valence electrons. The van der Waals surface area contributed by atoms with Gasteiger partial charge in [0.2, 0.25) is 0 Å². The van der Waals surface area contributed by atoms with Gasteiger partial charge in [0.25, 0.3) is 0 Å². The van der Waals surface area contributed by atoms with Crippen molar-refractivity contribution in [3.05, 3.63) is 29.5 Å². The van der Waals surface area contributed by atoms with E-state index < -0.39 is 6.04 Å². The Morgan fingerprint density at radius 1 is 1.43 bits per heavy atom. The average Bonchev–Trinajstić information content (AvgIpc) is 2.86. The fourth-order valence-corrected chi connectivity index (χ4v) is 3.23. The lowest BCUT2D eigenvalue weighted by Gasteiger charge is -2.24. The lowest BCUT2D eigenvalue weighted by atomic mass is 9.99. The van der Waals surface area contributed by atoms with Gasteiger partial charge in [0.1, 0.15) is 11.8 Å². The molecule has 2 heterocycles. The molecule has 2 aromatic rings. The number of ether oxygens (including phenoxy) is 2. The van der Waals surface area contributed by atoms with E-state index in [1.165, 1.54) is 18.1 Å². The molecule has 21 heavy (non-hydrogen) atoms. The highest BCUT2D eigenvalue weighted by atomic mass is 16.5. The minimum Gasteiger partial charge on any atom is -0.497 e. The maximum atomic E-state index is 12.1. The first-order chi connectivity index (χ1) is 10.2. The fraction of sp³-hybridized carbons (Fsp3) is 0.438. The van der Waals surface area contributed by atoms with Crippen LogP contribution < -0.4 is 10.1 Å². The van der Waals surface area contributed by atoms with Gasteiger partial charge in [-0.1, -0.05) is 0 Å². The van der Waals surface area contributed by atoms with Crippen LogP contribution in [0.15, 0.2) is 18.2 Å². The van der Waals surface area contributed by atoms with Crippen LogP contribution in [0.25, 0.3) is 10.9 Å². The van der Waals surface area contributed by atoms with Crippen molar-refractivity contribution in [2.24, 2.45) is 0 Å². The number of aromatic nitrogens is 1. The molecule has 0 radical (unpaired) electrons. The molecule has 1 aromatic heterocycles. The first-order valence-electron chi connectivity index (χ1n) is 7.21. The second kappa shape index (κ2) is 5.41. The number of esters is 1. The van der Waals surface area contributed by atoms with Crippen LogP contribution in [0.2, 0.25) is 0 Å². The molecule has 1 aliphatic heterocycles. The predicted octanol–water partition coefficient (Wildman–Crippen LogP) is 2.03. The van der Waals surface area contributed by atoms with E-state index in [2.05, 4.69) is 28.9 Å². The quantitative estimate of drug-likeness (QED) is 0.878. The summed E-state index contributed by atoms with van der Waals surface area (Å²) in [5, 5.41) is 4.43. The Morgan fingerprint density at radius 2 is 2.24 bits per heavy atom. The molecule has 0 fully saturated rings. The highest BCUT2D eigenvalue weighted by molar-refractivity contribution is 5.90. The summed E-state index contributed by atoms with van der Waals surface area (Å²) in [4.78, 5) is 12.1. The summed E-state index contributed by atoms with van der Waals surface area (Å²) in [5.41, 5.74) is 3.39. The molecule has 5 nitrogen and oxygen atoms in total. The van der Waals surface area contributed by atoms with E-state index in [9.17, 15) is 4.79 Å². The van der Waals surface area contributed by atoms with Crippen molar-refractivity contribution in [2.75, 3.05) is 20.8 Å². The van der Waals surface area contributed by atoms with E-state index in [1.807, 2.05) is 6.07 Å². The van der Waals surface area contributed by atoms with E-state index in [1.54, 1.807) is 7.11 Å². The number of methoxy groups -OCH3 is 2. The zero-order valence-electron chi connectivity index (χ0n) is 12.6. The number of benzene rings is 1. The van der Waals surface area contributed by atoms with Gasteiger partial charge < -0.3 is 14.0 Å². The Balaban J connectivity index is 2.27. The number of fused-ring (bicyclic) bond motifs is 3. The lowest BCUT2D eigenvalue weighted by molar-refractivity contribution is -0.143. The van der Waals surface area contributed by atoms with E-state index >= 15 is 0 Å². The molecule has 5 heteroatoms. The molecule has 1 aliphatic rings. The van der Waals surface area contributed by atoms with Crippen LogP contribution in [-0.4, -0.2) is 31.3 Å². The van der Waals surface area contributed by atoms with Crippen LogP contribution in [0.4, 0.5) is 0 Å². The molecule has 0 bridgehead atoms. The van der Waals surface area contributed by atoms with Gasteiger partial charge in [0.15, 0.2) is 0 Å². The first kappa shape index (κ1) is 13.9. The third kappa shape index (κ3) is 2.08. The molecule has 0 saturated heterocycles. The van der Waals surface area contributed by atoms with Gasteiger partial charge in [-0.05, 0) is 37.1 Å². The Kier molecular flexibility index (Phi) is 3.59. The van der Waals surface area contributed by atoms with E-state index in [-0.39, 0.29) is 5.97 Å². The summed E-state index contributed by atoms with van der Waals surface area (Å²) in [6, 6.07) is 5.68. The van der Waals surface area contributed by atoms with Gasteiger partial charge in [-0.2, -0.15) is 0 Å². The highest BCUT2D eigenvalue weighted by Gasteiger charge is 2.32. The molecular weight excluding hydrogens is 268 g/mol. The molecular formula is C16H20N2O3. The minimum atomic E-state index is -0.392. The van der Waals surface area contributed by atoms with Crippen LogP contribution in [-0.2, 0) is 22.5 Å². The fourth-order valence-electron chi connectivity index (χ4n) is 3.23. The second-order valence-electron chi connectivity index (χ2n) is 5.15. The molecule has 1 unspecified atom stereocenters. The zero-order valence-corrected chi connectivity index (χ0v) is 12.6. The number of aryl methyl sites for hydroxylation is 1. The molecule has 0 aliphatic carbocycles. The predicted molar refractivity (Wildman–Crippen MR) is 80.6 cm³/mol. The molecule has 3 rings (SSSR count). The number of rotatable bonds is 3. The van der Waals surface area contributed by atoms with Gasteiger partial charge in [0.05, 0.1) is 19.9 Å². The zero-order chi connectivity index (χ0) is 15.0. The van der Waals surface area contributed by atoms with Crippen LogP contribution >= 0.6 is 0 Å². The lowest BCUT2D eigenvalue weighted by Crippen LogP contribution is -2.37. The van der Waals surface area contributed by atoms with Gasteiger partial charge >= 0.3 is 5.97 Å². The Hall–Kier alpha value is -2.01. The van der Waals surface area contributed by atoms with Crippen molar-refractivity contribution in [3.8, 4) is 5.75 Å². The largest absolute Gasteiger partial charge is 0.497 e. The van der Waals surface area contributed by atoms with Crippen LogP contribution in [0.3, 0.4) is 0 Å². The maximum absolute atomic E-state index is 12.1. The third-order valence-corrected chi connectivity index (χ3v) is 4.17. The number of hydrogen-bond donors (Lipinski definition) is 1. The number of carbonyl (C=O) groups excluding carboxylic acids is 1. The molecule has 0 saturated carbocycles. The summed E-state index contributed by atoms with van der Waals surface area (Å²) < 4.78 is 12.5. The van der Waals surface area contributed by atoms with Crippen molar-refractivity contribution < 1.29 is 14.3 Å². The minimum absolute atomic E-state index is 0.236. The summed E-state index contributed by atoms with van der Waals surface area (Å²) in [6.45, 7) is 3.67. The second-order valence-corrected chi connectivity index (χ2v) is 5.15. The van der Waals surface area contributed by atoms with Crippen molar-refractivity contribution in [1.82, 2.24) is 9.88 Å². The van der Waals surface area contributed by atoms with Gasteiger partial charge in [-0.3, -0.25) is 5.32 Å². The number of hydrogen-bond acceptors (Lipinski definition) is 4. The maximum Gasteiger partial charge on any atom is 0.329 e. The number of carbonyl (C=O) groups is 1. The normalized spacial score (nSPS) is 17.6. The van der Waals surface area contributed by atoms with Crippen LogP contribution in [0.5, 0.6) is 5.75 Å². The summed E-state index contributed by atoms with van der Waals surface area (Å²) >= 11 is 0. The van der Waals surface area contributed by atoms with Crippen molar-refractivity contribution >= 4 is 16.9 Å². The van der Waals surface area contributed by atoms with Crippen molar-refractivity contribution in [2.45, 2.75) is 25.9 Å². The van der Waals surface area contributed by atoms with Gasteiger partial charge in [0, 0.05) is 24.0 Å². The summed E-state index contributed by atoms with van der Waals surface area (Å²) in [7, 11) is 3.10. The molecule has 0 amide bonds. The Labute approximate surface area is 123 Å². The SMILES string of the molecule is CCn1c2c(c3cc(OC)ccc31)CCNC2C(=O)OC. The average molecular weight is 288 g/mol. The van der Waals surface area contributed by atoms with Crippen LogP contribution in [0.1, 0.15) is 24.2 Å². The first-order valence-corrected chi connectivity index (χ1v) is 7.21. The molecule has 1 N–H and O–H groups in total. The standard InChI is InChI=1S/C16H20N2O3/c1-4-18-13-6-5-10(20-2)9-12(13)11-7-8-17-14(15(11)18)16(19)21-3/h5-6,9,14,17H,4,7-8H2,1-3H3. The summed E-state index contributed by atoms with van der Waals surface area (Å²) in [6.07, 6.45) is 0.902. The monoisotopic (exact) mass is 288 g/mol. The number of nitrogens with zero attached hydrogens (tertiary/aromatic N) is 1. The number of nitrogens with one attached hydrogen (secondary N) is 1. The summed E-state index contributed by atoms with van der Waals surface area (Å²) in [5.74, 6) is 0.604. The van der Waals surface area contributed by atoms with Crippen molar-refractivity contribution in [1.29, 1.82) is 0 Å². The molecule has 0 spiro atoms. The Morgan fingerprint density at radius 3 is 2.90 bits per heavy atom. The molecule has 1 aromatic carbocycles. The van der Waals surface area contributed by atoms with Crippen molar-refractivity contribution in [3.63, 3.8) is 0 Å². The third-order valence-electron chi connectivity index (χ3n) is 4.17. The Bertz CT molecular complexity index is 690. The van der Waals surface area contributed by atoms with E-state index in [0.29, 0.717) is 0 Å². The van der Waals surface area contributed by atoms with Gasteiger partial charge in [-0.25, -0.2) is 4.79 Å². The van der Waals surface area contributed by atoms with E-state index in [4.69, 9.17) is 9.47 Å². The highest BCUT2D eigenvalue weighted by Crippen LogP contribution is 2.35. The van der Waals surface area contributed by atoms with Gasteiger partial charge in [-0.15, -0.1) is 0 Å². The van der Waals surface area contributed by atoms with Crippen LogP contribution in [0, 0.1) is 0 Å². The molecule has 1 atom stereocenters. The smallest absolute Gasteiger partial charge is 0.329 e. The topological polar surface area (TPSA) is 52.5 Å².